The zero-order valence-electron chi connectivity index (χ0n) is 15.4. The summed E-state index contributed by atoms with van der Waals surface area (Å²) >= 11 is 3.56. The van der Waals surface area contributed by atoms with Gasteiger partial charge in [0, 0.05) is 5.56 Å². The van der Waals surface area contributed by atoms with Gasteiger partial charge in [-0.25, -0.2) is 0 Å². The summed E-state index contributed by atoms with van der Waals surface area (Å²) in [5.41, 5.74) is 5.01. The molecule has 0 radical (unpaired) electrons. The number of methoxy groups -OCH3 is 1. The van der Waals surface area contributed by atoms with Crippen LogP contribution in [0.15, 0.2) is 46.0 Å². The highest BCUT2D eigenvalue weighted by atomic mass is 79.9. The van der Waals surface area contributed by atoms with Crippen molar-refractivity contribution in [2.45, 2.75) is 26.8 Å². The van der Waals surface area contributed by atoms with Gasteiger partial charge < -0.3 is 19.6 Å². The van der Waals surface area contributed by atoms with Crippen molar-refractivity contribution in [3.05, 3.63) is 52.0 Å². The Morgan fingerprint density at radius 3 is 2.65 bits per heavy atom. The number of nitrogens with one attached hydrogen (secondary N) is 1. The molecule has 26 heavy (non-hydrogen) atoms. The minimum absolute atomic E-state index is 0.571. The van der Waals surface area contributed by atoms with Gasteiger partial charge in [0.2, 0.25) is 0 Å². The molecule has 0 atom stereocenters. The molecule has 0 aliphatic heterocycles. The minimum Gasteiger partial charge on any atom is -0.496 e. The van der Waals surface area contributed by atoms with Crippen LogP contribution in [0, 0.1) is 0 Å². The normalized spacial score (nSPS) is 10.8. The van der Waals surface area contributed by atoms with Crippen LogP contribution in [0.25, 0.3) is 0 Å². The first kappa shape index (κ1) is 20.1. The predicted molar refractivity (Wildman–Crippen MR) is 109 cm³/mol. The van der Waals surface area contributed by atoms with Crippen LogP contribution in [0.4, 0.5) is 0 Å². The van der Waals surface area contributed by atoms with Gasteiger partial charge in [0.05, 0.1) is 37.6 Å². The van der Waals surface area contributed by atoms with Crippen molar-refractivity contribution in [2.75, 3.05) is 20.3 Å². The number of hydrogen-bond acceptors (Lipinski definition) is 5. The Labute approximate surface area is 163 Å². The molecule has 0 bridgehead atoms. The van der Waals surface area contributed by atoms with Crippen LogP contribution < -0.4 is 19.6 Å². The molecule has 0 spiro atoms. The van der Waals surface area contributed by atoms with Crippen molar-refractivity contribution in [1.82, 2.24) is 5.43 Å². The molecule has 0 aliphatic rings. The molecule has 0 saturated carbocycles. The van der Waals surface area contributed by atoms with Gasteiger partial charge >= 0.3 is 0 Å². The highest BCUT2D eigenvalue weighted by Crippen LogP contribution is 2.36. The topological polar surface area (TPSA) is 52.1 Å². The third-order valence-electron chi connectivity index (χ3n) is 3.55. The van der Waals surface area contributed by atoms with E-state index in [-0.39, 0.29) is 0 Å². The molecule has 2 aromatic rings. The van der Waals surface area contributed by atoms with Crippen LogP contribution in [0.5, 0.6) is 17.2 Å². The smallest absolute Gasteiger partial charge is 0.175 e. The summed E-state index contributed by atoms with van der Waals surface area (Å²) < 4.78 is 17.7. The van der Waals surface area contributed by atoms with Crippen LogP contribution in [-0.4, -0.2) is 26.5 Å². The monoisotopic (exact) mass is 420 g/mol. The molecule has 140 valence electrons. The van der Waals surface area contributed by atoms with E-state index in [1.54, 1.807) is 13.3 Å². The van der Waals surface area contributed by atoms with Gasteiger partial charge in [0.25, 0.3) is 0 Å². The Morgan fingerprint density at radius 1 is 1.12 bits per heavy atom. The van der Waals surface area contributed by atoms with Crippen molar-refractivity contribution < 1.29 is 14.2 Å². The summed E-state index contributed by atoms with van der Waals surface area (Å²) in [5.74, 6) is 2.28. The van der Waals surface area contributed by atoms with E-state index in [0.717, 1.165) is 33.5 Å². The third kappa shape index (κ3) is 5.66. The lowest BCUT2D eigenvalue weighted by Gasteiger charge is -2.14. The van der Waals surface area contributed by atoms with Crippen molar-refractivity contribution in [1.29, 1.82) is 0 Å². The first-order chi connectivity index (χ1) is 12.7. The summed E-state index contributed by atoms with van der Waals surface area (Å²) in [6, 6.07) is 11.7. The van der Waals surface area contributed by atoms with Crippen LogP contribution in [0.2, 0.25) is 0 Å². The van der Waals surface area contributed by atoms with Gasteiger partial charge in [-0.3, -0.25) is 0 Å². The van der Waals surface area contributed by atoms with Crippen LogP contribution in [0.1, 0.15) is 31.4 Å². The molecule has 0 fully saturated rings. The highest BCUT2D eigenvalue weighted by molar-refractivity contribution is 9.10. The third-order valence-corrected chi connectivity index (χ3v) is 4.14. The fraction of sp³-hybridized carbons (Fsp3) is 0.350. The molecule has 5 nitrogen and oxygen atoms in total. The van der Waals surface area contributed by atoms with Gasteiger partial charge in [-0.2, -0.15) is 5.10 Å². The van der Waals surface area contributed by atoms with Crippen molar-refractivity contribution >= 4 is 22.1 Å². The Balaban J connectivity index is 2.07. The van der Waals surface area contributed by atoms with Crippen molar-refractivity contribution in [2.24, 2.45) is 5.10 Å². The molecule has 2 rings (SSSR count). The van der Waals surface area contributed by atoms with Gasteiger partial charge in [-0.15, -0.1) is 0 Å². The van der Waals surface area contributed by atoms with Crippen molar-refractivity contribution in [3.63, 3.8) is 0 Å². The SMILES string of the molecule is CCCOc1c(Br)cc(/C=N/NCc2ccccc2OC)cc1OCC. The number of rotatable bonds is 10. The molecule has 0 aliphatic carbocycles. The number of halogens is 1. The Morgan fingerprint density at radius 2 is 1.92 bits per heavy atom. The maximum atomic E-state index is 5.79. The van der Waals surface area contributed by atoms with E-state index in [2.05, 4.69) is 33.4 Å². The predicted octanol–water partition coefficient (Wildman–Crippen LogP) is 4.77. The molecule has 0 heterocycles. The lowest BCUT2D eigenvalue weighted by Crippen LogP contribution is -2.07. The second-order valence-electron chi connectivity index (χ2n) is 5.52. The largest absolute Gasteiger partial charge is 0.496 e. The average Bonchev–Trinajstić information content (AvgIpc) is 2.65. The molecule has 6 heteroatoms. The first-order valence-corrected chi connectivity index (χ1v) is 9.45. The maximum absolute atomic E-state index is 5.79. The molecule has 1 N–H and O–H groups in total. The Hall–Kier alpha value is -2.21. The van der Waals surface area contributed by atoms with E-state index in [1.807, 2.05) is 43.3 Å². The van der Waals surface area contributed by atoms with Crippen molar-refractivity contribution in [3.8, 4) is 17.2 Å². The van der Waals surface area contributed by atoms with E-state index >= 15 is 0 Å². The molecule has 0 aromatic heterocycles. The highest BCUT2D eigenvalue weighted by Gasteiger charge is 2.11. The fourth-order valence-corrected chi connectivity index (χ4v) is 2.94. The number of hydrazone groups is 1. The number of ether oxygens (including phenoxy) is 3. The van der Waals surface area contributed by atoms with Gasteiger partial charge in [-0.1, -0.05) is 25.1 Å². The molecule has 2 aromatic carbocycles. The standard InChI is InChI=1S/C20H25BrN2O3/c1-4-10-26-20-17(21)11-15(12-19(20)25-5-2)13-22-23-14-16-8-6-7-9-18(16)24-3/h6-9,11-13,23H,4-5,10,14H2,1-3H3/b22-13+. The summed E-state index contributed by atoms with van der Waals surface area (Å²) in [5, 5.41) is 4.30. The van der Waals surface area contributed by atoms with E-state index in [1.165, 1.54) is 0 Å². The maximum Gasteiger partial charge on any atom is 0.175 e. The zero-order valence-corrected chi connectivity index (χ0v) is 17.0. The molecular weight excluding hydrogens is 396 g/mol. The van der Waals surface area contributed by atoms with Gasteiger partial charge in [-0.05, 0) is 53.0 Å². The second-order valence-corrected chi connectivity index (χ2v) is 6.37. The van der Waals surface area contributed by atoms with Crippen LogP contribution in [0.3, 0.4) is 0 Å². The lowest BCUT2D eigenvalue weighted by atomic mass is 10.2. The number of benzene rings is 2. The average molecular weight is 421 g/mol. The number of nitrogens with zero attached hydrogens (tertiary/aromatic N) is 1. The summed E-state index contributed by atoms with van der Waals surface area (Å²) in [6.45, 7) is 5.82. The molecule has 0 amide bonds. The summed E-state index contributed by atoms with van der Waals surface area (Å²) in [6.07, 6.45) is 2.69. The van der Waals surface area contributed by atoms with Crippen LogP contribution >= 0.6 is 15.9 Å². The van der Waals surface area contributed by atoms with E-state index < -0.39 is 0 Å². The Kier molecular flexibility index (Phi) is 8.28. The number of hydrogen-bond donors (Lipinski definition) is 1. The fourth-order valence-electron chi connectivity index (χ4n) is 2.37. The molecule has 0 saturated heterocycles. The summed E-state index contributed by atoms with van der Waals surface area (Å²) in [4.78, 5) is 0. The van der Waals surface area contributed by atoms with E-state index in [9.17, 15) is 0 Å². The van der Waals surface area contributed by atoms with E-state index in [4.69, 9.17) is 14.2 Å². The lowest BCUT2D eigenvalue weighted by molar-refractivity contribution is 0.275. The Bertz CT molecular complexity index is 735. The second kappa shape index (κ2) is 10.7. The molecular formula is C20H25BrN2O3. The zero-order chi connectivity index (χ0) is 18.8. The number of para-hydroxylation sites is 1. The van der Waals surface area contributed by atoms with E-state index in [0.29, 0.717) is 25.5 Å². The summed E-state index contributed by atoms with van der Waals surface area (Å²) in [7, 11) is 1.66. The van der Waals surface area contributed by atoms with Crippen LogP contribution in [-0.2, 0) is 6.54 Å². The van der Waals surface area contributed by atoms with Gasteiger partial charge in [0.1, 0.15) is 5.75 Å². The first-order valence-electron chi connectivity index (χ1n) is 8.66. The quantitative estimate of drug-likeness (QED) is 0.444. The van der Waals surface area contributed by atoms with Gasteiger partial charge in [0.15, 0.2) is 11.5 Å². The molecule has 0 unspecified atom stereocenters. The minimum atomic E-state index is 0.571.